The van der Waals surface area contributed by atoms with Crippen molar-refractivity contribution in [3.8, 4) is 5.75 Å². The van der Waals surface area contributed by atoms with E-state index in [-0.39, 0.29) is 11.9 Å². The molecule has 2 aliphatic heterocycles. The van der Waals surface area contributed by atoms with E-state index >= 15 is 0 Å². The summed E-state index contributed by atoms with van der Waals surface area (Å²) >= 11 is 1.25. The average molecular weight is 331 g/mol. The predicted octanol–water partition coefficient (Wildman–Crippen LogP) is 2.66. The fourth-order valence-electron chi connectivity index (χ4n) is 4.05. The molecule has 23 heavy (non-hydrogen) atoms. The van der Waals surface area contributed by atoms with E-state index in [1.807, 2.05) is 18.2 Å². The van der Waals surface area contributed by atoms with Crippen molar-refractivity contribution >= 4 is 28.3 Å². The van der Waals surface area contributed by atoms with Gasteiger partial charge in [0.2, 0.25) is 0 Å². The summed E-state index contributed by atoms with van der Waals surface area (Å²) in [7, 11) is 3.84. The van der Waals surface area contributed by atoms with Gasteiger partial charge in [0.1, 0.15) is 16.1 Å². The summed E-state index contributed by atoms with van der Waals surface area (Å²) in [5, 5.41) is 4.11. The molecule has 4 rings (SSSR count). The quantitative estimate of drug-likeness (QED) is 0.939. The first-order valence-electron chi connectivity index (χ1n) is 8.12. The Kier molecular flexibility index (Phi) is 3.73. The van der Waals surface area contributed by atoms with E-state index in [9.17, 15) is 4.79 Å². The Morgan fingerprint density at radius 2 is 2.09 bits per heavy atom. The van der Waals surface area contributed by atoms with Gasteiger partial charge in [-0.1, -0.05) is 12.1 Å². The average Bonchev–Trinajstić information content (AvgIpc) is 3.05. The van der Waals surface area contributed by atoms with E-state index in [2.05, 4.69) is 21.6 Å². The van der Waals surface area contributed by atoms with Crippen LogP contribution in [0.15, 0.2) is 18.2 Å². The van der Waals surface area contributed by atoms with E-state index in [1.165, 1.54) is 24.4 Å². The van der Waals surface area contributed by atoms with Crippen LogP contribution in [0.25, 0.3) is 10.9 Å². The molecule has 1 aromatic heterocycles. The summed E-state index contributed by atoms with van der Waals surface area (Å²) in [5.74, 6) is 0.717. The molecule has 2 aliphatic rings. The number of benzene rings is 1. The van der Waals surface area contributed by atoms with Crippen molar-refractivity contribution in [3.05, 3.63) is 23.1 Å². The summed E-state index contributed by atoms with van der Waals surface area (Å²) in [6.07, 6.45) is 4.63. The van der Waals surface area contributed by atoms with E-state index in [1.54, 1.807) is 7.11 Å². The molecule has 0 radical (unpaired) electrons. The maximum Gasteiger partial charge on any atom is 0.263 e. The lowest BCUT2D eigenvalue weighted by Gasteiger charge is -2.36. The van der Waals surface area contributed by atoms with Crippen LogP contribution in [0.5, 0.6) is 5.75 Å². The number of carbonyl (C=O) groups excluding carboxylic acids is 1. The molecule has 2 atom stereocenters. The lowest BCUT2D eigenvalue weighted by atomic mass is 9.98. The SMILES string of the molecule is COc1cccc2c(C(=O)NC3CC4CCC(C3)N4C)snc12. The zero-order chi connectivity index (χ0) is 16.0. The molecule has 2 bridgehead atoms. The minimum atomic E-state index is -0.000272. The van der Waals surface area contributed by atoms with E-state index in [4.69, 9.17) is 4.74 Å². The Hall–Kier alpha value is -1.66. The summed E-state index contributed by atoms with van der Waals surface area (Å²) in [6.45, 7) is 0. The minimum Gasteiger partial charge on any atom is -0.494 e. The third-order valence-electron chi connectivity index (χ3n) is 5.33. The smallest absolute Gasteiger partial charge is 0.263 e. The zero-order valence-corrected chi connectivity index (χ0v) is 14.2. The number of ether oxygens (including phenoxy) is 1. The highest BCUT2D eigenvalue weighted by Gasteiger charge is 2.39. The number of methoxy groups -OCH3 is 1. The van der Waals surface area contributed by atoms with Gasteiger partial charge in [0.05, 0.1) is 7.11 Å². The van der Waals surface area contributed by atoms with Crippen LogP contribution in [0.3, 0.4) is 0 Å². The minimum absolute atomic E-state index is 0.000272. The zero-order valence-electron chi connectivity index (χ0n) is 13.4. The van der Waals surface area contributed by atoms with Crippen molar-refractivity contribution in [1.82, 2.24) is 14.6 Å². The molecule has 6 heteroatoms. The van der Waals surface area contributed by atoms with Gasteiger partial charge in [0.15, 0.2) is 0 Å². The molecule has 2 saturated heterocycles. The number of aromatic nitrogens is 1. The summed E-state index contributed by atoms with van der Waals surface area (Å²) < 4.78 is 9.73. The number of amides is 1. The van der Waals surface area contributed by atoms with Crippen molar-refractivity contribution in [2.75, 3.05) is 14.2 Å². The standard InChI is InChI=1S/C17H21N3O2S/c1-20-11-6-7-12(20)9-10(8-11)18-17(21)16-13-4-3-5-14(22-2)15(13)19-23-16/h3-5,10-12H,6-9H2,1-2H3,(H,18,21). The molecule has 1 aromatic carbocycles. The largest absolute Gasteiger partial charge is 0.494 e. The van der Waals surface area contributed by atoms with Crippen molar-refractivity contribution in [2.45, 2.75) is 43.8 Å². The molecule has 2 fully saturated rings. The van der Waals surface area contributed by atoms with Gasteiger partial charge in [0.25, 0.3) is 5.91 Å². The topological polar surface area (TPSA) is 54.5 Å². The second-order valence-corrected chi connectivity index (χ2v) is 7.33. The molecule has 0 aliphatic carbocycles. The highest BCUT2D eigenvalue weighted by molar-refractivity contribution is 7.09. The fourth-order valence-corrected chi connectivity index (χ4v) is 4.82. The second kappa shape index (κ2) is 5.76. The number of nitrogens with one attached hydrogen (secondary N) is 1. The molecule has 0 saturated carbocycles. The number of carbonyl (C=O) groups is 1. The van der Waals surface area contributed by atoms with E-state index < -0.39 is 0 Å². The number of piperidine rings is 1. The highest BCUT2D eigenvalue weighted by atomic mass is 32.1. The van der Waals surface area contributed by atoms with Gasteiger partial charge in [-0.2, -0.15) is 4.37 Å². The first kappa shape index (κ1) is 14.9. The lowest BCUT2D eigenvalue weighted by molar-refractivity contribution is 0.0888. The maximum atomic E-state index is 12.7. The van der Waals surface area contributed by atoms with E-state index in [0.717, 1.165) is 29.5 Å². The first-order valence-corrected chi connectivity index (χ1v) is 8.90. The van der Waals surface area contributed by atoms with Gasteiger partial charge in [-0.15, -0.1) is 0 Å². The number of rotatable bonds is 3. The molecule has 1 amide bonds. The molecule has 2 unspecified atom stereocenters. The van der Waals surface area contributed by atoms with Crippen LogP contribution in [0.4, 0.5) is 0 Å². The summed E-state index contributed by atoms with van der Waals surface area (Å²) in [4.78, 5) is 15.9. The predicted molar refractivity (Wildman–Crippen MR) is 91.2 cm³/mol. The second-order valence-electron chi connectivity index (χ2n) is 6.56. The number of hydrogen-bond acceptors (Lipinski definition) is 5. The number of fused-ring (bicyclic) bond motifs is 3. The molecular weight excluding hydrogens is 310 g/mol. The summed E-state index contributed by atoms with van der Waals surface area (Å²) in [5.41, 5.74) is 0.772. The summed E-state index contributed by atoms with van der Waals surface area (Å²) in [6, 6.07) is 7.24. The maximum absolute atomic E-state index is 12.7. The molecule has 3 heterocycles. The van der Waals surface area contributed by atoms with Gasteiger partial charge in [-0.25, -0.2) is 0 Å². The number of nitrogens with zero attached hydrogens (tertiary/aromatic N) is 2. The van der Waals surface area contributed by atoms with Crippen molar-refractivity contribution in [1.29, 1.82) is 0 Å². The first-order chi connectivity index (χ1) is 11.2. The molecule has 122 valence electrons. The van der Waals surface area contributed by atoms with Crippen LogP contribution in [-0.2, 0) is 0 Å². The third-order valence-corrected chi connectivity index (χ3v) is 6.19. The van der Waals surface area contributed by atoms with Crippen LogP contribution in [0, 0.1) is 0 Å². The monoisotopic (exact) mass is 331 g/mol. The van der Waals surface area contributed by atoms with Gasteiger partial charge in [-0.05, 0) is 50.3 Å². The van der Waals surface area contributed by atoms with Crippen molar-refractivity contribution in [3.63, 3.8) is 0 Å². The van der Waals surface area contributed by atoms with Gasteiger partial charge < -0.3 is 15.0 Å². The van der Waals surface area contributed by atoms with Crippen LogP contribution in [-0.4, -0.2) is 47.5 Å². The van der Waals surface area contributed by atoms with Gasteiger partial charge in [-0.3, -0.25) is 4.79 Å². The Balaban J connectivity index is 1.54. The molecular formula is C17H21N3O2S. The van der Waals surface area contributed by atoms with E-state index in [0.29, 0.717) is 17.0 Å². The van der Waals surface area contributed by atoms with Crippen molar-refractivity contribution < 1.29 is 9.53 Å². The van der Waals surface area contributed by atoms with Crippen LogP contribution >= 0.6 is 11.5 Å². The lowest BCUT2D eigenvalue weighted by Crippen LogP contribution is -2.48. The molecule has 2 aromatic rings. The van der Waals surface area contributed by atoms with Crippen molar-refractivity contribution in [2.24, 2.45) is 0 Å². The Morgan fingerprint density at radius 3 is 2.78 bits per heavy atom. The Morgan fingerprint density at radius 1 is 1.35 bits per heavy atom. The highest BCUT2D eigenvalue weighted by Crippen LogP contribution is 2.35. The fraction of sp³-hybridized carbons (Fsp3) is 0.529. The van der Waals surface area contributed by atoms with Gasteiger partial charge >= 0.3 is 0 Å². The van der Waals surface area contributed by atoms with Crippen LogP contribution in [0.2, 0.25) is 0 Å². The molecule has 1 N–H and O–H groups in total. The normalized spacial score (nSPS) is 27.3. The Labute approximate surface area is 139 Å². The van der Waals surface area contributed by atoms with Gasteiger partial charge in [0, 0.05) is 23.5 Å². The third kappa shape index (κ3) is 2.50. The number of hydrogen-bond donors (Lipinski definition) is 1. The van der Waals surface area contributed by atoms with Crippen LogP contribution < -0.4 is 10.1 Å². The molecule has 5 nitrogen and oxygen atoms in total. The Bertz CT molecular complexity index is 731. The van der Waals surface area contributed by atoms with Crippen LogP contribution in [0.1, 0.15) is 35.4 Å². The molecule has 0 spiro atoms.